The first-order valence-corrected chi connectivity index (χ1v) is 6.16. The molecule has 14 heavy (non-hydrogen) atoms. The fraction of sp³-hybridized carbons (Fsp3) is 0.556. The van der Waals surface area contributed by atoms with Crippen LogP contribution in [0.25, 0.3) is 0 Å². The Morgan fingerprint density at radius 1 is 1.29 bits per heavy atom. The Hall–Kier alpha value is -0.320. The molecule has 0 N–H and O–H groups in total. The molecule has 0 amide bonds. The summed E-state index contributed by atoms with van der Waals surface area (Å²) in [4.78, 5) is 2.40. The van der Waals surface area contributed by atoms with Crippen molar-refractivity contribution in [3.05, 3.63) is 23.0 Å². The van der Waals surface area contributed by atoms with Gasteiger partial charge in [-0.25, -0.2) is 0 Å². The molecule has 1 saturated heterocycles. The van der Waals surface area contributed by atoms with Gasteiger partial charge in [0, 0.05) is 31.1 Å². The fourth-order valence-electron chi connectivity index (χ4n) is 1.42. The van der Waals surface area contributed by atoms with E-state index in [1.807, 2.05) is 17.8 Å². The molecule has 0 unspecified atom stereocenters. The maximum absolute atomic E-state index is 5.66. The number of hydrogen-bond acceptors (Lipinski definition) is 4. The van der Waals surface area contributed by atoms with Gasteiger partial charge in [0.15, 0.2) is 5.15 Å². The van der Waals surface area contributed by atoms with Gasteiger partial charge < -0.3 is 0 Å². The van der Waals surface area contributed by atoms with Crippen molar-refractivity contribution < 1.29 is 0 Å². The highest BCUT2D eigenvalue weighted by atomic mass is 35.5. The zero-order chi connectivity index (χ0) is 9.80. The van der Waals surface area contributed by atoms with Gasteiger partial charge in [-0.3, -0.25) is 4.90 Å². The largest absolute Gasteiger partial charge is 0.296 e. The van der Waals surface area contributed by atoms with E-state index in [-0.39, 0.29) is 0 Å². The maximum atomic E-state index is 5.66. The molecule has 0 bridgehead atoms. The molecule has 0 aliphatic carbocycles. The predicted molar refractivity (Wildman–Crippen MR) is 59.6 cm³/mol. The second kappa shape index (κ2) is 4.96. The Morgan fingerprint density at radius 3 is 2.71 bits per heavy atom. The Kier molecular flexibility index (Phi) is 3.61. The Morgan fingerprint density at radius 2 is 2.07 bits per heavy atom. The summed E-state index contributed by atoms with van der Waals surface area (Å²) in [5.41, 5.74) is 1.00. The van der Waals surface area contributed by atoms with Crippen molar-refractivity contribution >= 4 is 23.4 Å². The van der Waals surface area contributed by atoms with Crippen molar-refractivity contribution in [2.45, 2.75) is 6.54 Å². The van der Waals surface area contributed by atoms with E-state index in [1.165, 1.54) is 11.5 Å². The summed E-state index contributed by atoms with van der Waals surface area (Å²) < 4.78 is 0. The van der Waals surface area contributed by atoms with Crippen LogP contribution in [-0.4, -0.2) is 39.7 Å². The zero-order valence-corrected chi connectivity index (χ0v) is 9.39. The SMILES string of the molecule is Clc1ccc(CN2CCSCC2)nn1. The van der Waals surface area contributed by atoms with Crippen LogP contribution in [0.4, 0.5) is 0 Å². The van der Waals surface area contributed by atoms with Crippen LogP contribution in [-0.2, 0) is 6.54 Å². The van der Waals surface area contributed by atoms with Gasteiger partial charge in [-0.1, -0.05) is 11.6 Å². The van der Waals surface area contributed by atoms with Gasteiger partial charge in [0.2, 0.25) is 0 Å². The molecule has 1 aromatic rings. The zero-order valence-electron chi connectivity index (χ0n) is 7.82. The highest BCUT2D eigenvalue weighted by molar-refractivity contribution is 7.99. The van der Waals surface area contributed by atoms with E-state index in [4.69, 9.17) is 11.6 Å². The summed E-state index contributed by atoms with van der Waals surface area (Å²) in [5.74, 6) is 2.45. The molecular formula is C9H12ClN3S. The molecule has 5 heteroatoms. The Balaban J connectivity index is 1.92. The lowest BCUT2D eigenvalue weighted by molar-refractivity contribution is 0.290. The van der Waals surface area contributed by atoms with E-state index in [2.05, 4.69) is 15.1 Å². The van der Waals surface area contributed by atoms with E-state index in [0.717, 1.165) is 25.3 Å². The molecule has 2 heterocycles. The smallest absolute Gasteiger partial charge is 0.151 e. The van der Waals surface area contributed by atoms with Crippen molar-refractivity contribution in [1.29, 1.82) is 0 Å². The van der Waals surface area contributed by atoms with Crippen molar-refractivity contribution in [3.63, 3.8) is 0 Å². The lowest BCUT2D eigenvalue weighted by atomic mass is 10.3. The van der Waals surface area contributed by atoms with Crippen molar-refractivity contribution in [3.8, 4) is 0 Å². The second-order valence-electron chi connectivity index (χ2n) is 3.24. The molecular weight excluding hydrogens is 218 g/mol. The summed E-state index contributed by atoms with van der Waals surface area (Å²) in [7, 11) is 0. The average molecular weight is 230 g/mol. The monoisotopic (exact) mass is 229 g/mol. The lowest BCUT2D eigenvalue weighted by Crippen LogP contribution is -2.32. The van der Waals surface area contributed by atoms with Gasteiger partial charge in [0.05, 0.1) is 5.69 Å². The summed E-state index contributed by atoms with van der Waals surface area (Å²) in [6.07, 6.45) is 0. The van der Waals surface area contributed by atoms with Gasteiger partial charge in [-0.2, -0.15) is 16.9 Å². The number of halogens is 1. The van der Waals surface area contributed by atoms with Crippen molar-refractivity contribution in [2.24, 2.45) is 0 Å². The molecule has 1 aromatic heterocycles. The molecule has 0 saturated carbocycles. The van der Waals surface area contributed by atoms with Crippen LogP contribution in [0.2, 0.25) is 5.15 Å². The minimum Gasteiger partial charge on any atom is -0.296 e. The summed E-state index contributed by atoms with van der Waals surface area (Å²) in [5, 5.41) is 8.33. The molecule has 0 radical (unpaired) electrons. The standard InChI is InChI=1S/C9H12ClN3S/c10-9-2-1-8(11-12-9)7-13-3-5-14-6-4-13/h1-2H,3-7H2. The predicted octanol–water partition coefficient (Wildman–Crippen LogP) is 1.68. The lowest BCUT2D eigenvalue weighted by Gasteiger charge is -2.25. The maximum Gasteiger partial charge on any atom is 0.151 e. The van der Waals surface area contributed by atoms with Gasteiger partial charge in [-0.15, -0.1) is 5.10 Å². The molecule has 3 nitrogen and oxygen atoms in total. The number of hydrogen-bond donors (Lipinski definition) is 0. The van der Waals surface area contributed by atoms with Gasteiger partial charge in [0.1, 0.15) is 0 Å². The first-order valence-electron chi connectivity index (χ1n) is 4.63. The molecule has 1 fully saturated rings. The van der Waals surface area contributed by atoms with E-state index in [1.54, 1.807) is 6.07 Å². The van der Waals surface area contributed by atoms with Crippen LogP contribution >= 0.6 is 23.4 Å². The fourth-order valence-corrected chi connectivity index (χ4v) is 2.50. The first kappa shape index (κ1) is 10.2. The van der Waals surface area contributed by atoms with Crippen LogP contribution in [0.15, 0.2) is 12.1 Å². The van der Waals surface area contributed by atoms with Crippen LogP contribution in [0, 0.1) is 0 Å². The third kappa shape index (κ3) is 2.83. The molecule has 2 rings (SSSR count). The topological polar surface area (TPSA) is 29.0 Å². The van der Waals surface area contributed by atoms with E-state index >= 15 is 0 Å². The molecule has 0 aromatic carbocycles. The Bertz CT molecular complexity index is 285. The van der Waals surface area contributed by atoms with Crippen LogP contribution in [0.5, 0.6) is 0 Å². The van der Waals surface area contributed by atoms with E-state index in [9.17, 15) is 0 Å². The molecule has 1 aliphatic heterocycles. The van der Waals surface area contributed by atoms with Crippen molar-refractivity contribution in [1.82, 2.24) is 15.1 Å². The normalized spacial score (nSPS) is 18.4. The summed E-state index contributed by atoms with van der Waals surface area (Å²) >= 11 is 7.68. The Labute approximate surface area is 92.8 Å². The number of rotatable bonds is 2. The minimum absolute atomic E-state index is 0.461. The van der Waals surface area contributed by atoms with Crippen LogP contribution in [0.1, 0.15) is 5.69 Å². The number of aromatic nitrogens is 2. The number of nitrogens with zero attached hydrogens (tertiary/aromatic N) is 3. The molecule has 1 aliphatic rings. The van der Waals surface area contributed by atoms with Crippen LogP contribution in [0.3, 0.4) is 0 Å². The van der Waals surface area contributed by atoms with Gasteiger partial charge in [0.25, 0.3) is 0 Å². The summed E-state index contributed by atoms with van der Waals surface area (Å²) in [6.45, 7) is 3.19. The molecule has 0 atom stereocenters. The van der Waals surface area contributed by atoms with Crippen molar-refractivity contribution in [2.75, 3.05) is 24.6 Å². The quantitative estimate of drug-likeness (QED) is 0.772. The third-order valence-corrected chi connectivity index (χ3v) is 3.32. The third-order valence-electron chi connectivity index (χ3n) is 2.18. The average Bonchev–Trinajstić information content (AvgIpc) is 2.23. The molecule has 76 valence electrons. The number of thioether (sulfide) groups is 1. The van der Waals surface area contributed by atoms with Gasteiger partial charge in [-0.05, 0) is 12.1 Å². The summed E-state index contributed by atoms with van der Waals surface area (Å²) in [6, 6.07) is 3.74. The first-order chi connectivity index (χ1) is 6.84. The van der Waals surface area contributed by atoms with E-state index in [0.29, 0.717) is 5.15 Å². The molecule has 0 spiro atoms. The minimum atomic E-state index is 0.461. The van der Waals surface area contributed by atoms with Crippen LogP contribution < -0.4 is 0 Å². The highest BCUT2D eigenvalue weighted by Gasteiger charge is 2.11. The second-order valence-corrected chi connectivity index (χ2v) is 4.85. The van der Waals surface area contributed by atoms with E-state index < -0.39 is 0 Å². The van der Waals surface area contributed by atoms with Gasteiger partial charge >= 0.3 is 0 Å². The highest BCUT2D eigenvalue weighted by Crippen LogP contribution is 2.12.